The van der Waals surface area contributed by atoms with Crippen molar-refractivity contribution >= 4 is 34.0 Å². The van der Waals surface area contributed by atoms with Crippen LogP contribution in [-0.2, 0) is 16.1 Å². The molecule has 6 nitrogen and oxygen atoms in total. The number of aromatic amines is 1. The number of fused-ring (bicyclic) bond motifs is 1. The molecule has 4 rings (SSSR count). The van der Waals surface area contributed by atoms with E-state index in [0.717, 1.165) is 27.8 Å². The van der Waals surface area contributed by atoms with Gasteiger partial charge in [-0.1, -0.05) is 59.9 Å². The number of nitrogens with zero attached hydrogens (tertiary/aromatic N) is 1. The Labute approximate surface area is 170 Å². The van der Waals surface area contributed by atoms with Gasteiger partial charge in [0.1, 0.15) is 6.54 Å². The topological polar surface area (TPSA) is 81.2 Å². The lowest BCUT2D eigenvalue weighted by Crippen LogP contribution is -2.24. The Bertz CT molecular complexity index is 1250. The number of esters is 1. The van der Waals surface area contributed by atoms with Crippen LogP contribution in [0, 0.1) is 6.92 Å². The van der Waals surface area contributed by atoms with Gasteiger partial charge in [0.25, 0.3) is 0 Å². The van der Waals surface area contributed by atoms with E-state index in [0.29, 0.717) is 17.0 Å². The minimum atomic E-state index is -0.622. The number of aromatic nitrogens is 2. The fourth-order valence-corrected chi connectivity index (χ4v) is 3.98. The molecule has 0 bridgehead atoms. The summed E-state index contributed by atoms with van der Waals surface area (Å²) in [4.78, 5) is 40.0. The highest BCUT2D eigenvalue weighted by molar-refractivity contribution is 7.07. The third-order valence-corrected chi connectivity index (χ3v) is 5.56. The number of thiazole rings is 1. The van der Waals surface area contributed by atoms with Crippen LogP contribution in [0.4, 0.5) is 0 Å². The molecule has 0 amide bonds. The lowest BCUT2D eigenvalue weighted by atomic mass is 10.0. The molecule has 2 aromatic heterocycles. The van der Waals surface area contributed by atoms with Crippen molar-refractivity contribution in [3.05, 3.63) is 80.9 Å². The number of hydrogen-bond donors (Lipinski definition) is 1. The summed E-state index contributed by atoms with van der Waals surface area (Å²) in [6.07, 6.45) is 0. The number of hydrogen-bond acceptors (Lipinski definition) is 5. The van der Waals surface area contributed by atoms with E-state index in [9.17, 15) is 14.4 Å². The smallest absolute Gasteiger partial charge is 0.326 e. The van der Waals surface area contributed by atoms with Crippen molar-refractivity contribution in [1.29, 1.82) is 0 Å². The van der Waals surface area contributed by atoms with E-state index in [4.69, 9.17) is 4.74 Å². The van der Waals surface area contributed by atoms with E-state index in [1.165, 1.54) is 4.57 Å². The molecule has 0 radical (unpaired) electrons. The van der Waals surface area contributed by atoms with E-state index >= 15 is 0 Å². The van der Waals surface area contributed by atoms with Gasteiger partial charge in [-0.25, -0.2) is 0 Å². The molecule has 0 saturated heterocycles. The molecule has 7 heteroatoms. The van der Waals surface area contributed by atoms with E-state index in [2.05, 4.69) is 4.98 Å². The maximum Gasteiger partial charge on any atom is 0.326 e. The molecule has 29 heavy (non-hydrogen) atoms. The number of H-pyrrole nitrogens is 1. The fourth-order valence-electron chi connectivity index (χ4n) is 3.24. The third kappa shape index (κ3) is 3.77. The number of benzene rings is 2. The molecule has 146 valence electrons. The van der Waals surface area contributed by atoms with Crippen LogP contribution < -0.4 is 4.87 Å². The summed E-state index contributed by atoms with van der Waals surface area (Å²) < 4.78 is 6.53. The minimum absolute atomic E-state index is 0.207. The number of aryl methyl sites for hydroxylation is 1. The number of ketones is 1. The van der Waals surface area contributed by atoms with Crippen LogP contribution in [-0.4, -0.2) is 27.9 Å². The third-order valence-electron chi connectivity index (χ3n) is 4.68. The molecule has 4 aromatic rings. The average Bonchev–Trinajstić information content (AvgIpc) is 3.28. The average molecular weight is 406 g/mol. The molecule has 0 fully saturated rings. The van der Waals surface area contributed by atoms with Gasteiger partial charge in [0.2, 0.25) is 5.78 Å². The Morgan fingerprint density at radius 3 is 2.52 bits per heavy atom. The van der Waals surface area contributed by atoms with Crippen LogP contribution in [0.5, 0.6) is 0 Å². The molecule has 0 unspecified atom stereocenters. The largest absolute Gasteiger partial charge is 0.456 e. The molecule has 0 atom stereocenters. The number of para-hydroxylation sites is 1. The monoisotopic (exact) mass is 406 g/mol. The van der Waals surface area contributed by atoms with Crippen LogP contribution in [0.15, 0.2) is 64.8 Å². The lowest BCUT2D eigenvalue weighted by molar-refractivity contribution is -0.143. The van der Waals surface area contributed by atoms with Crippen molar-refractivity contribution in [3.63, 3.8) is 0 Å². The second kappa shape index (κ2) is 7.89. The molecule has 2 aromatic carbocycles. The molecule has 0 aliphatic carbocycles. The molecule has 0 spiro atoms. The van der Waals surface area contributed by atoms with Gasteiger partial charge < -0.3 is 9.72 Å². The van der Waals surface area contributed by atoms with E-state index in [-0.39, 0.29) is 17.2 Å². The van der Waals surface area contributed by atoms with Crippen LogP contribution in [0.1, 0.15) is 16.1 Å². The van der Waals surface area contributed by atoms with E-state index in [1.807, 2.05) is 54.6 Å². The fraction of sp³-hybridized carbons (Fsp3) is 0.136. The number of ether oxygens (including phenoxy) is 1. The van der Waals surface area contributed by atoms with Gasteiger partial charge >= 0.3 is 10.8 Å². The summed E-state index contributed by atoms with van der Waals surface area (Å²) in [5, 5.41) is 2.45. The van der Waals surface area contributed by atoms with E-state index in [1.54, 1.807) is 12.3 Å². The number of carbonyl (C=O) groups excluding carboxylic acids is 2. The standard InChI is InChI=1S/C22H18N2O4S/c1-14-13-29-22(27)24(14)11-19(26)28-12-18(25)20-16-9-5-6-10-17(16)23-21(20)15-7-3-2-4-8-15/h2-10,13,23H,11-12H2,1H3. The highest BCUT2D eigenvalue weighted by atomic mass is 32.1. The number of carbonyl (C=O) groups is 2. The maximum absolute atomic E-state index is 13.0. The SMILES string of the molecule is Cc1csc(=O)n1CC(=O)OCC(=O)c1c(-c2ccccc2)[nH]c2ccccc12. The van der Waals surface area contributed by atoms with Crippen LogP contribution in [0.3, 0.4) is 0 Å². The summed E-state index contributed by atoms with van der Waals surface area (Å²) in [6, 6.07) is 17.1. The quantitative estimate of drug-likeness (QED) is 0.390. The molecular formula is C22H18N2O4S. The van der Waals surface area contributed by atoms with Gasteiger partial charge in [0, 0.05) is 22.0 Å². The predicted molar refractivity (Wildman–Crippen MR) is 112 cm³/mol. The van der Waals surface area contributed by atoms with Crippen molar-refractivity contribution < 1.29 is 14.3 Å². The predicted octanol–water partition coefficient (Wildman–Crippen LogP) is 3.79. The summed E-state index contributed by atoms with van der Waals surface area (Å²) in [7, 11) is 0. The number of nitrogens with one attached hydrogen (secondary N) is 1. The first-order valence-electron chi connectivity index (χ1n) is 9.04. The van der Waals surface area contributed by atoms with Gasteiger partial charge in [-0.15, -0.1) is 0 Å². The highest BCUT2D eigenvalue weighted by Crippen LogP contribution is 2.30. The Hall–Kier alpha value is -3.45. The Kier molecular flexibility index (Phi) is 5.14. The van der Waals surface area contributed by atoms with Crippen molar-refractivity contribution in [2.75, 3.05) is 6.61 Å². The zero-order valence-electron chi connectivity index (χ0n) is 15.7. The summed E-state index contributed by atoms with van der Waals surface area (Å²) >= 11 is 1.02. The van der Waals surface area contributed by atoms with E-state index < -0.39 is 12.6 Å². The second-order valence-electron chi connectivity index (χ2n) is 6.60. The maximum atomic E-state index is 13.0. The summed E-state index contributed by atoms with van der Waals surface area (Å²) in [5.41, 5.74) is 3.58. The first-order valence-corrected chi connectivity index (χ1v) is 9.92. The Balaban J connectivity index is 1.58. The second-order valence-corrected chi connectivity index (χ2v) is 7.42. The molecule has 0 saturated carbocycles. The summed E-state index contributed by atoms with van der Waals surface area (Å²) in [6.45, 7) is 1.15. The van der Waals surface area contributed by atoms with Crippen molar-refractivity contribution in [2.45, 2.75) is 13.5 Å². The van der Waals surface area contributed by atoms with Gasteiger partial charge in [0.05, 0.1) is 11.3 Å². The molecular weight excluding hydrogens is 388 g/mol. The highest BCUT2D eigenvalue weighted by Gasteiger charge is 2.21. The Morgan fingerprint density at radius 2 is 1.79 bits per heavy atom. The van der Waals surface area contributed by atoms with Gasteiger partial charge in [-0.3, -0.25) is 19.0 Å². The van der Waals surface area contributed by atoms with Gasteiger partial charge in [0.15, 0.2) is 6.61 Å². The molecule has 0 aliphatic heterocycles. The first-order chi connectivity index (χ1) is 14.0. The number of Topliss-reactive ketones (excluding diaryl/α,β-unsaturated/α-hetero) is 1. The van der Waals surface area contributed by atoms with Crippen LogP contribution >= 0.6 is 11.3 Å². The normalized spacial score (nSPS) is 10.9. The minimum Gasteiger partial charge on any atom is -0.456 e. The van der Waals surface area contributed by atoms with Gasteiger partial charge in [-0.2, -0.15) is 0 Å². The first kappa shape index (κ1) is 18.9. The number of rotatable bonds is 6. The molecule has 1 N–H and O–H groups in total. The van der Waals surface area contributed by atoms with Crippen LogP contribution in [0.25, 0.3) is 22.2 Å². The summed E-state index contributed by atoms with van der Waals surface area (Å²) in [5.74, 6) is -0.924. The zero-order valence-corrected chi connectivity index (χ0v) is 16.5. The Morgan fingerprint density at radius 1 is 1.07 bits per heavy atom. The lowest BCUT2D eigenvalue weighted by Gasteiger charge is -2.07. The van der Waals surface area contributed by atoms with Gasteiger partial charge in [-0.05, 0) is 18.6 Å². The molecule has 2 heterocycles. The zero-order chi connectivity index (χ0) is 20.4. The van der Waals surface area contributed by atoms with Crippen molar-refractivity contribution in [1.82, 2.24) is 9.55 Å². The molecule has 0 aliphatic rings. The van der Waals surface area contributed by atoms with Crippen molar-refractivity contribution in [2.24, 2.45) is 0 Å². The van der Waals surface area contributed by atoms with Crippen molar-refractivity contribution in [3.8, 4) is 11.3 Å². The van der Waals surface area contributed by atoms with Crippen LogP contribution in [0.2, 0.25) is 0 Å².